The van der Waals surface area contributed by atoms with Crippen LogP contribution < -0.4 is 14.4 Å². The topological polar surface area (TPSA) is 75.7 Å². The van der Waals surface area contributed by atoms with E-state index in [-0.39, 0.29) is 17.3 Å². The van der Waals surface area contributed by atoms with Gasteiger partial charge in [-0.1, -0.05) is 48.5 Å². The first-order chi connectivity index (χ1) is 17.8. The van der Waals surface area contributed by atoms with Crippen LogP contribution in [0.5, 0.6) is 5.75 Å². The molecular formula is C30H30N2O4S. The molecule has 0 spiro atoms. The number of amides is 1. The van der Waals surface area contributed by atoms with Crippen LogP contribution in [0.25, 0.3) is 0 Å². The molecule has 190 valence electrons. The summed E-state index contributed by atoms with van der Waals surface area (Å²) in [6, 6.07) is 28.3. The van der Waals surface area contributed by atoms with Crippen LogP contribution in [0, 0.1) is 13.8 Å². The van der Waals surface area contributed by atoms with Crippen LogP contribution in [0.4, 0.5) is 11.4 Å². The first kappa shape index (κ1) is 26.0. The molecule has 37 heavy (non-hydrogen) atoms. The molecule has 0 radical (unpaired) electrons. The van der Waals surface area contributed by atoms with Crippen molar-refractivity contribution in [3.8, 4) is 5.75 Å². The fourth-order valence-corrected chi connectivity index (χ4v) is 5.37. The first-order valence-corrected chi connectivity index (χ1v) is 13.5. The summed E-state index contributed by atoms with van der Waals surface area (Å²) in [4.78, 5) is 13.1. The molecule has 0 saturated carbocycles. The number of nitrogens with zero attached hydrogens (tertiary/aromatic N) is 1. The van der Waals surface area contributed by atoms with Gasteiger partial charge in [0.25, 0.3) is 15.9 Å². The van der Waals surface area contributed by atoms with E-state index >= 15 is 0 Å². The van der Waals surface area contributed by atoms with Gasteiger partial charge < -0.3 is 10.1 Å². The Hall–Kier alpha value is -4.10. The highest BCUT2D eigenvalue weighted by atomic mass is 32.2. The van der Waals surface area contributed by atoms with Gasteiger partial charge in [-0.05, 0) is 86.0 Å². The van der Waals surface area contributed by atoms with Crippen LogP contribution in [0.15, 0.2) is 102 Å². The number of aryl methyl sites for hydroxylation is 2. The molecule has 4 aromatic carbocycles. The van der Waals surface area contributed by atoms with Crippen molar-refractivity contribution < 1.29 is 17.9 Å². The minimum Gasteiger partial charge on any atom is -0.493 e. The van der Waals surface area contributed by atoms with Crippen molar-refractivity contribution in [1.82, 2.24) is 0 Å². The second-order valence-electron chi connectivity index (χ2n) is 8.67. The van der Waals surface area contributed by atoms with Crippen molar-refractivity contribution in [1.29, 1.82) is 0 Å². The average Bonchev–Trinajstić information content (AvgIpc) is 2.91. The van der Waals surface area contributed by atoms with Crippen LogP contribution in [-0.2, 0) is 16.6 Å². The van der Waals surface area contributed by atoms with Gasteiger partial charge in [0.15, 0.2) is 0 Å². The van der Waals surface area contributed by atoms with Gasteiger partial charge in [-0.25, -0.2) is 8.42 Å². The fraction of sp³-hybridized carbons (Fsp3) is 0.167. The number of para-hydroxylation sites is 1. The lowest BCUT2D eigenvalue weighted by Gasteiger charge is -2.25. The number of benzene rings is 4. The monoisotopic (exact) mass is 514 g/mol. The van der Waals surface area contributed by atoms with Gasteiger partial charge >= 0.3 is 0 Å². The summed E-state index contributed by atoms with van der Waals surface area (Å²) in [7, 11) is -3.81. The summed E-state index contributed by atoms with van der Waals surface area (Å²) in [5.74, 6) is 0.245. The zero-order valence-corrected chi connectivity index (χ0v) is 22.0. The van der Waals surface area contributed by atoms with Crippen molar-refractivity contribution in [2.75, 3.05) is 16.2 Å². The van der Waals surface area contributed by atoms with E-state index in [0.29, 0.717) is 29.3 Å². The minimum atomic E-state index is -3.81. The SMILES string of the molecule is CCOc1ccccc1C(=O)Nc1ccc(CN(c2ccc(C)c(C)c2)S(=O)(=O)c2ccccc2)cc1. The number of rotatable bonds is 9. The van der Waals surface area contributed by atoms with Gasteiger partial charge in [0, 0.05) is 5.69 Å². The summed E-state index contributed by atoms with van der Waals surface area (Å²) in [6.45, 7) is 6.43. The first-order valence-electron chi connectivity index (χ1n) is 12.1. The minimum absolute atomic E-state index is 0.140. The molecule has 0 aliphatic rings. The standard InChI is InChI=1S/C30H30N2O4S/c1-4-36-29-13-9-8-12-28(29)30(33)31-25-17-15-24(16-18-25)21-32(26-19-14-22(2)23(3)20-26)37(34,35)27-10-6-5-7-11-27/h5-20H,4,21H2,1-3H3,(H,31,33). The van der Waals surface area contributed by atoms with E-state index in [4.69, 9.17) is 4.74 Å². The lowest BCUT2D eigenvalue weighted by Crippen LogP contribution is -2.30. The maximum Gasteiger partial charge on any atom is 0.264 e. The van der Waals surface area contributed by atoms with Gasteiger partial charge in [-0.3, -0.25) is 9.10 Å². The molecule has 6 nitrogen and oxygen atoms in total. The Morgan fingerprint density at radius 1 is 0.838 bits per heavy atom. The summed E-state index contributed by atoms with van der Waals surface area (Å²) >= 11 is 0. The van der Waals surface area contributed by atoms with Crippen LogP contribution in [0.3, 0.4) is 0 Å². The van der Waals surface area contributed by atoms with Crippen molar-refractivity contribution in [3.63, 3.8) is 0 Å². The van der Waals surface area contributed by atoms with Crippen molar-refractivity contribution in [2.45, 2.75) is 32.2 Å². The molecular weight excluding hydrogens is 484 g/mol. The lowest BCUT2D eigenvalue weighted by atomic mass is 10.1. The predicted octanol–water partition coefficient (Wildman–Crippen LogP) is 6.35. The second-order valence-corrected chi connectivity index (χ2v) is 10.5. The molecule has 0 atom stereocenters. The highest BCUT2D eigenvalue weighted by Gasteiger charge is 2.25. The molecule has 0 aliphatic carbocycles. The second kappa shape index (κ2) is 11.3. The lowest BCUT2D eigenvalue weighted by molar-refractivity contribution is 0.102. The molecule has 0 bridgehead atoms. The van der Waals surface area contributed by atoms with Crippen molar-refractivity contribution in [3.05, 3.63) is 119 Å². The number of ether oxygens (including phenoxy) is 1. The molecule has 0 heterocycles. The third-order valence-electron chi connectivity index (χ3n) is 6.08. The van der Waals surface area contributed by atoms with Gasteiger partial charge in [0.05, 0.1) is 29.3 Å². The maximum atomic E-state index is 13.6. The molecule has 0 saturated heterocycles. The molecule has 0 aromatic heterocycles. The van der Waals surface area contributed by atoms with Crippen LogP contribution in [0.2, 0.25) is 0 Å². The van der Waals surface area contributed by atoms with Crippen molar-refractivity contribution in [2.24, 2.45) is 0 Å². The van der Waals surface area contributed by atoms with Crippen LogP contribution in [-0.4, -0.2) is 20.9 Å². The average molecular weight is 515 g/mol. The normalized spacial score (nSPS) is 11.1. The van der Waals surface area contributed by atoms with Gasteiger partial charge in [0.1, 0.15) is 5.75 Å². The number of hydrogen-bond acceptors (Lipinski definition) is 4. The van der Waals surface area contributed by atoms with E-state index in [1.807, 2.05) is 57.2 Å². The Labute approximate surface area is 218 Å². The molecule has 7 heteroatoms. The predicted molar refractivity (Wildman–Crippen MR) is 148 cm³/mol. The van der Waals surface area contributed by atoms with Crippen LogP contribution >= 0.6 is 0 Å². The number of sulfonamides is 1. The number of carbonyl (C=O) groups excluding carboxylic acids is 1. The van der Waals surface area contributed by atoms with E-state index in [1.54, 1.807) is 60.7 Å². The Morgan fingerprint density at radius 2 is 1.51 bits per heavy atom. The largest absolute Gasteiger partial charge is 0.493 e. The highest BCUT2D eigenvalue weighted by Crippen LogP contribution is 2.28. The Morgan fingerprint density at radius 3 is 2.19 bits per heavy atom. The van der Waals surface area contributed by atoms with E-state index in [0.717, 1.165) is 16.7 Å². The van der Waals surface area contributed by atoms with Crippen molar-refractivity contribution >= 4 is 27.3 Å². The maximum absolute atomic E-state index is 13.6. The zero-order valence-electron chi connectivity index (χ0n) is 21.1. The molecule has 0 fully saturated rings. The molecule has 1 amide bonds. The van der Waals surface area contributed by atoms with Gasteiger partial charge in [-0.15, -0.1) is 0 Å². The number of anilines is 2. The third kappa shape index (κ3) is 6.01. The smallest absolute Gasteiger partial charge is 0.264 e. The van der Waals surface area contributed by atoms with E-state index in [2.05, 4.69) is 5.32 Å². The van der Waals surface area contributed by atoms with Gasteiger partial charge in [0.2, 0.25) is 0 Å². The van der Waals surface area contributed by atoms with E-state index in [9.17, 15) is 13.2 Å². The third-order valence-corrected chi connectivity index (χ3v) is 7.87. The summed E-state index contributed by atoms with van der Waals surface area (Å²) in [5.41, 5.74) is 4.53. The zero-order chi connectivity index (χ0) is 26.4. The number of nitrogens with one attached hydrogen (secondary N) is 1. The molecule has 4 aromatic rings. The summed E-state index contributed by atoms with van der Waals surface area (Å²) < 4.78 is 34.3. The quantitative estimate of drug-likeness (QED) is 0.282. The Kier molecular flexibility index (Phi) is 7.94. The number of carbonyl (C=O) groups is 1. The Balaban J connectivity index is 1.59. The van der Waals surface area contributed by atoms with E-state index in [1.165, 1.54) is 4.31 Å². The summed E-state index contributed by atoms with van der Waals surface area (Å²) in [6.07, 6.45) is 0. The molecule has 1 N–H and O–H groups in total. The Bertz CT molecular complexity index is 1480. The molecule has 4 rings (SSSR count). The summed E-state index contributed by atoms with van der Waals surface area (Å²) in [5, 5.41) is 2.89. The molecule has 0 aliphatic heterocycles. The highest BCUT2D eigenvalue weighted by molar-refractivity contribution is 7.92. The molecule has 0 unspecified atom stereocenters. The van der Waals surface area contributed by atoms with Gasteiger partial charge in [-0.2, -0.15) is 0 Å². The number of hydrogen-bond donors (Lipinski definition) is 1. The van der Waals surface area contributed by atoms with E-state index < -0.39 is 10.0 Å². The van der Waals surface area contributed by atoms with Crippen LogP contribution in [0.1, 0.15) is 34.0 Å². The fourth-order valence-electron chi connectivity index (χ4n) is 3.91.